The minimum Gasteiger partial charge on any atom is -0.250 e. The topological polar surface area (TPSA) is 56.5 Å². The quantitative estimate of drug-likeness (QED) is 0.690. The molecule has 100 valence electrons. The van der Waals surface area contributed by atoms with Gasteiger partial charge in [0.05, 0.1) is 16.5 Å². The third-order valence-corrected chi connectivity index (χ3v) is 3.53. The molecule has 3 aromatic rings. The Bertz CT molecular complexity index is 683. The van der Waals surface area contributed by atoms with Gasteiger partial charge >= 0.3 is 0 Å². The second kappa shape index (κ2) is 5.79. The summed E-state index contributed by atoms with van der Waals surface area (Å²) in [5, 5.41) is 12.5. The highest BCUT2D eigenvalue weighted by Crippen LogP contribution is 2.20. The van der Waals surface area contributed by atoms with Crippen LogP contribution in [0.1, 0.15) is 5.82 Å². The number of hydrogen-bond acceptors (Lipinski definition) is 5. The van der Waals surface area contributed by atoms with E-state index in [0.29, 0.717) is 11.6 Å². The van der Waals surface area contributed by atoms with E-state index in [9.17, 15) is 4.39 Å². The summed E-state index contributed by atoms with van der Waals surface area (Å²) in [5.41, 5.74) is 0.730. The summed E-state index contributed by atoms with van der Waals surface area (Å²) < 4.78 is 14.5. The average Bonchev–Trinajstić information content (AvgIpc) is 2.95. The SMILES string of the molecule is Fc1ccc(-n2nnnc2CSc2ccccn2)cc1. The van der Waals surface area contributed by atoms with Gasteiger partial charge in [0.25, 0.3) is 0 Å². The van der Waals surface area contributed by atoms with E-state index in [1.807, 2.05) is 18.2 Å². The summed E-state index contributed by atoms with van der Waals surface area (Å²) in [6.07, 6.45) is 1.74. The van der Waals surface area contributed by atoms with E-state index in [-0.39, 0.29) is 5.82 Å². The van der Waals surface area contributed by atoms with Crippen molar-refractivity contribution >= 4 is 11.8 Å². The Balaban J connectivity index is 1.78. The lowest BCUT2D eigenvalue weighted by Gasteiger charge is -2.04. The summed E-state index contributed by atoms with van der Waals surface area (Å²) in [7, 11) is 0. The van der Waals surface area contributed by atoms with Crippen molar-refractivity contribution in [1.29, 1.82) is 0 Å². The maximum absolute atomic E-state index is 12.9. The van der Waals surface area contributed by atoms with Crippen LogP contribution in [0.25, 0.3) is 5.69 Å². The summed E-state index contributed by atoms with van der Waals surface area (Å²) in [6, 6.07) is 11.8. The number of pyridine rings is 1. The maximum Gasteiger partial charge on any atom is 0.166 e. The number of aromatic nitrogens is 5. The van der Waals surface area contributed by atoms with Crippen molar-refractivity contribution in [1.82, 2.24) is 25.2 Å². The van der Waals surface area contributed by atoms with E-state index in [1.54, 1.807) is 34.8 Å². The van der Waals surface area contributed by atoms with Crippen LogP contribution in [0.5, 0.6) is 0 Å². The van der Waals surface area contributed by atoms with Crippen molar-refractivity contribution in [3.8, 4) is 5.69 Å². The largest absolute Gasteiger partial charge is 0.250 e. The third-order valence-electron chi connectivity index (χ3n) is 2.59. The molecule has 0 fully saturated rings. The molecule has 0 amide bonds. The monoisotopic (exact) mass is 287 g/mol. The number of tetrazole rings is 1. The molecule has 0 aliphatic heterocycles. The van der Waals surface area contributed by atoms with Crippen LogP contribution >= 0.6 is 11.8 Å². The Labute approximate surface area is 118 Å². The molecule has 2 aromatic heterocycles. The Kier molecular flexibility index (Phi) is 3.69. The van der Waals surface area contributed by atoms with Crippen LogP contribution in [-0.2, 0) is 5.75 Å². The van der Waals surface area contributed by atoms with Gasteiger partial charge in [-0.3, -0.25) is 0 Å². The highest BCUT2D eigenvalue weighted by Gasteiger charge is 2.09. The predicted octanol–water partition coefficient (Wildman–Crippen LogP) is 2.49. The lowest BCUT2D eigenvalue weighted by atomic mass is 10.3. The zero-order chi connectivity index (χ0) is 13.8. The molecule has 2 heterocycles. The molecular weight excluding hydrogens is 277 g/mol. The lowest BCUT2D eigenvalue weighted by molar-refractivity contribution is 0.626. The van der Waals surface area contributed by atoms with Crippen molar-refractivity contribution in [3.63, 3.8) is 0 Å². The van der Waals surface area contributed by atoms with Crippen molar-refractivity contribution in [2.24, 2.45) is 0 Å². The second-order valence-electron chi connectivity index (χ2n) is 3.94. The van der Waals surface area contributed by atoms with Crippen LogP contribution in [0.15, 0.2) is 53.7 Å². The highest BCUT2D eigenvalue weighted by atomic mass is 32.2. The fraction of sp³-hybridized carbons (Fsp3) is 0.0769. The number of halogens is 1. The molecular formula is C13H10FN5S. The number of hydrogen-bond donors (Lipinski definition) is 0. The molecule has 0 aliphatic rings. The molecule has 7 heteroatoms. The number of benzene rings is 1. The standard InChI is InChI=1S/C13H10FN5S/c14-10-4-6-11(7-5-10)19-12(16-17-18-19)9-20-13-3-1-2-8-15-13/h1-8H,9H2. The van der Waals surface area contributed by atoms with Crippen molar-refractivity contribution in [3.05, 3.63) is 60.3 Å². The van der Waals surface area contributed by atoms with Gasteiger partial charge < -0.3 is 0 Å². The van der Waals surface area contributed by atoms with Crippen molar-refractivity contribution < 1.29 is 4.39 Å². The number of thioether (sulfide) groups is 1. The van der Waals surface area contributed by atoms with Gasteiger partial charge in [-0.2, -0.15) is 4.68 Å². The fourth-order valence-electron chi connectivity index (χ4n) is 1.65. The first-order valence-electron chi connectivity index (χ1n) is 5.90. The fourth-order valence-corrected chi connectivity index (χ4v) is 2.42. The van der Waals surface area contributed by atoms with Gasteiger partial charge in [-0.15, -0.1) is 5.10 Å². The zero-order valence-electron chi connectivity index (χ0n) is 10.3. The Morgan fingerprint density at radius 1 is 1.10 bits per heavy atom. The predicted molar refractivity (Wildman–Crippen MR) is 72.9 cm³/mol. The first kappa shape index (κ1) is 12.7. The minimum atomic E-state index is -0.286. The summed E-state index contributed by atoms with van der Waals surface area (Å²) in [5.74, 6) is 0.986. The van der Waals surface area contributed by atoms with Crippen LogP contribution in [-0.4, -0.2) is 25.2 Å². The third kappa shape index (κ3) is 2.83. The summed E-state index contributed by atoms with van der Waals surface area (Å²) in [6.45, 7) is 0. The summed E-state index contributed by atoms with van der Waals surface area (Å²) in [4.78, 5) is 4.23. The van der Waals surface area contributed by atoms with Crippen LogP contribution in [0.4, 0.5) is 4.39 Å². The van der Waals surface area contributed by atoms with E-state index in [0.717, 1.165) is 10.7 Å². The van der Waals surface area contributed by atoms with E-state index in [1.165, 1.54) is 12.1 Å². The molecule has 0 radical (unpaired) electrons. The van der Waals surface area contributed by atoms with Gasteiger partial charge in [0, 0.05) is 6.20 Å². The van der Waals surface area contributed by atoms with E-state index >= 15 is 0 Å². The number of nitrogens with zero attached hydrogens (tertiary/aromatic N) is 5. The Morgan fingerprint density at radius 2 is 1.95 bits per heavy atom. The van der Waals surface area contributed by atoms with Crippen LogP contribution in [0.3, 0.4) is 0 Å². The molecule has 0 bridgehead atoms. The van der Waals surface area contributed by atoms with Gasteiger partial charge in [0.1, 0.15) is 5.82 Å². The highest BCUT2D eigenvalue weighted by molar-refractivity contribution is 7.98. The molecule has 0 aliphatic carbocycles. The van der Waals surface area contributed by atoms with E-state index in [2.05, 4.69) is 20.5 Å². The molecule has 0 spiro atoms. The molecule has 0 saturated heterocycles. The van der Waals surface area contributed by atoms with Crippen molar-refractivity contribution in [2.45, 2.75) is 10.8 Å². The molecule has 0 saturated carbocycles. The minimum absolute atomic E-state index is 0.286. The summed E-state index contributed by atoms with van der Waals surface area (Å²) >= 11 is 1.54. The van der Waals surface area contributed by atoms with Gasteiger partial charge in [-0.1, -0.05) is 17.8 Å². The first-order valence-corrected chi connectivity index (χ1v) is 6.88. The zero-order valence-corrected chi connectivity index (χ0v) is 11.2. The van der Waals surface area contributed by atoms with Gasteiger partial charge in [0.2, 0.25) is 0 Å². The Hall–Kier alpha value is -2.28. The van der Waals surface area contributed by atoms with Gasteiger partial charge in [0.15, 0.2) is 5.82 Å². The number of rotatable bonds is 4. The maximum atomic E-state index is 12.9. The molecule has 0 unspecified atom stereocenters. The molecule has 3 rings (SSSR count). The first-order chi connectivity index (χ1) is 9.83. The second-order valence-corrected chi connectivity index (χ2v) is 4.94. The van der Waals surface area contributed by atoms with Gasteiger partial charge in [-0.05, 0) is 46.8 Å². The lowest BCUT2D eigenvalue weighted by Crippen LogP contribution is -2.02. The smallest absolute Gasteiger partial charge is 0.166 e. The van der Waals surface area contributed by atoms with E-state index < -0.39 is 0 Å². The van der Waals surface area contributed by atoms with Crippen LogP contribution in [0, 0.1) is 5.82 Å². The molecule has 5 nitrogen and oxygen atoms in total. The van der Waals surface area contributed by atoms with Crippen LogP contribution in [0.2, 0.25) is 0 Å². The molecule has 0 atom stereocenters. The normalized spacial score (nSPS) is 10.7. The van der Waals surface area contributed by atoms with E-state index in [4.69, 9.17) is 0 Å². The Morgan fingerprint density at radius 3 is 2.70 bits per heavy atom. The molecule has 20 heavy (non-hydrogen) atoms. The van der Waals surface area contributed by atoms with Crippen molar-refractivity contribution in [2.75, 3.05) is 0 Å². The van der Waals surface area contributed by atoms with Gasteiger partial charge in [-0.25, -0.2) is 9.37 Å². The average molecular weight is 287 g/mol. The molecule has 1 aromatic carbocycles. The van der Waals surface area contributed by atoms with Crippen LogP contribution < -0.4 is 0 Å². The molecule has 0 N–H and O–H groups in total.